The Balaban J connectivity index is 0.00000264. The lowest BCUT2D eigenvalue weighted by Crippen LogP contribution is -2.50. The van der Waals surface area contributed by atoms with E-state index in [0.29, 0.717) is 18.1 Å². The van der Waals surface area contributed by atoms with Gasteiger partial charge in [0.1, 0.15) is 0 Å². The molecule has 0 saturated carbocycles. The van der Waals surface area contributed by atoms with Crippen LogP contribution < -0.4 is 10.6 Å². The first-order valence-corrected chi connectivity index (χ1v) is 8.44. The fraction of sp³-hybridized carbons (Fsp3) is 0.632. The van der Waals surface area contributed by atoms with Gasteiger partial charge in [-0.3, -0.25) is 4.99 Å². The molecule has 0 aliphatic carbocycles. The number of guanidine groups is 1. The molecule has 2 N–H and O–H groups in total. The zero-order chi connectivity index (χ0) is 16.3. The third-order valence-corrected chi connectivity index (χ3v) is 4.17. The average Bonchev–Trinajstić information content (AvgIpc) is 2.36. The van der Waals surface area contributed by atoms with Crippen molar-refractivity contribution in [2.24, 2.45) is 4.99 Å². The third-order valence-electron chi connectivity index (χ3n) is 4.17. The number of nitrogens with one attached hydrogen (secondary N) is 2. The van der Waals surface area contributed by atoms with Crippen LogP contribution in [-0.4, -0.2) is 24.1 Å². The third kappa shape index (κ3) is 6.06. The van der Waals surface area contributed by atoms with Crippen LogP contribution in [0.25, 0.3) is 0 Å². The molecule has 0 saturated heterocycles. The largest absolute Gasteiger partial charge is 0.354 e. The van der Waals surface area contributed by atoms with Gasteiger partial charge in [-0.05, 0) is 50.2 Å². The maximum Gasteiger partial charge on any atom is 0.191 e. The molecule has 1 aromatic carbocycles. The summed E-state index contributed by atoms with van der Waals surface area (Å²) in [5, 5.41) is 6.94. The lowest BCUT2D eigenvalue weighted by atomic mass is 9.86. The van der Waals surface area contributed by atoms with E-state index in [2.05, 4.69) is 81.4 Å². The molecule has 0 bridgehead atoms. The van der Waals surface area contributed by atoms with E-state index in [0.717, 1.165) is 18.8 Å². The molecule has 1 aliphatic heterocycles. The molecule has 0 spiro atoms. The summed E-state index contributed by atoms with van der Waals surface area (Å²) in [6.07, 6.45) is 2.11. The minimum absolute atomic E-state index is 0. The quantitative estimate of drug-likeness (QED) is 0.872. The molecule has 0 amide bonds. The Morgan fingerprint density at radius 2 is 1.83 bits per heavy atom. The zero-order valence-electron chi connectivity index (χ0n) is 15.3. The highest BCUT2D eigenvalue weighted by Gasteiger charge is 2.18. The van der Waals surface area contributed by atoms with E-state index in [-0.39, 0.29) is 17.8 Å². The lowest BCUT2D eigenvalue weighted by Gasteiger charge is -2.28. The predicted molar refractivity (Wildman–Crippen MR) is 103 cm³/mol. The minimum Gasteiger partial charge on any atom is -0.354 e. The molecule has 1 unspecified atom stereocenters. The van der Waals surface area contributed by atoms with Gasteiger partial charge in [-0.15, -0.1) is 12.4 Å². The fourth-order valence-corrected chi connectivity index (χ4v) is 2.97. The maximum atomic E-state index is 4.66. The van der Waals surface area contributed by atoms with E-state index >= 15 is 0 Å². The SMILES string of the molecule is CC(Cc1ccc(C(C)(C)C)cc1)NC1=N[C@@H](C)C[C@@H](C)N1.Cl. The molecule has 0 radical (unpaired) electrons. The van der Waals surface area contributed by atoms with Gasteiger partial charge < -0.3 is 10.6 Å². The van der Waals surface area contributed by atoms with E-state index in [4.69, 9.17) is 0 Å². The topological polar surface area (TPSA) is 36.4 Å². The molecule has 4 heteroatoms. The second kappa shape index (κ2) is 8.05. The van der Waals surface area contributed by atoms with Gasteiger partial charge in [0.15, 0.2) is 5.96 Å². The van der Waals surface area contributed by atoms with Crippen molar-refractivity contribution in [1.82, 2.24) is 10.6 Å². The van der Waals surface area contributed by atoms with Crippen LogP contribution in [0.3, 0.4) is 0 Å². The Kier molecular flexibility index (Phi) is 6.94. The van der Waals surface area contributed by atoms with E-state index in [1.807, 2.05) is 0 Å². The summed E-state index contributed by atoms with van der Waals surface area (Å²) < 4.78 is 0. The van der Waals surface area contributed by atoms with Crippen LogP contribution in [0.5, 0.6) is 0 Å². The monoisotopic (exact) mass is 337 g/mol. The first-order valence-electron chi connectivity index (χ1n) is 8.44. The molecule has 3 atom stereocenters. The van der Waals surface area contributed by atoms with Crippen LogP contribution in [0.1, 0.15) is 59.1 Å². The first-order chi connectivity index (χ1) is 10.2. The van der Waals surface area contributed by atoms with Crippen molar-refractivity contribution in [2.75, 3.05) is 0 Å². The first kappa shape index (κ1) is 19.8. The number of nitrogens with zero attached hydrogens (tertiary/aromatic N) is 1. The normalized spacial score (nSPS) is 22.4. The second-order valence-electron chi connectivity index (χ2n) is 7.80. The number of rotatable bonds is 3. The molecule has 0 fully saturated rings. The van der Waals surface area contributed by atoms with Crippen molar-refractivity contribution in [1.29, 1.82) is 0 Å². The van der Waals surface area contributed by atoms with Crippen LogP contribution in [0.15, 0.2) is 29.3 Å². The van der Waals surface area contributed by atoms with Gasteiger partial charge in [0.05, 0.1) is 6.04 Å². The summed E-state index contributed by atoms with van der Waals surface area (Å²) in [6, 6.07) is 10.3. The Morgan fingerprint density at radius 3 is 2.35 bits per heavy atom. The van der Waals surface area contributed by atoms with Crippen molar-refractivity contribution in [3.63, 3.8) is 0 Å². The lowest BCUT2D eigenvalue weighted by molar-refractivity contribution is 0.491. The van der Waals surface area contributed by atoms with Gasteiger partial charge in [-0.25, -0.2) is 0 Å². The molecule has 0 aromatic heterocycles. The number of hydrogen-bond donors (Lipinski definition) is 2. The summed E-state index contributed by atoms with van der Waals surface area (Å²) in [6.45, 7) is 13.4. The Hall–Kier alpha value is -1.22. The summed E-state index contributed by atoms with van der Waals surface area (Å²) in [4.78, 5) is 4.66. The standard InChI is InChI=1S/C19H31N3.ClH/c1-13-11-14(2)21-18(20-13)22-15(3)12-16-7-9-17(10-8-16)19(4,5)6;/h7-10,13-15H,11-12H2,1-6H3,(H2,20,21,22);1H/t13-,14+,15?;. The highest BCUT2D eigenvalue weighted by Crippen LogP contribution is 2.22. The second-order valence-corrected chi connectivity index (χ2v) is 7.80. The molecule has 1 heterocycles. The molecule has 1 aliphatic rings. The van der Waals surface area contributed by atoms with Crippen molar-refractivity contribution in [3.8, 4) is 0 Å². The predicted octanol–water partition coefficient (Wildman–Crippen LogP) is 4.05. The number of benzene rings is 1. The highest BCUT2D eigenvalue weighted by atomic mass is 35.5. The van der Waals surface area contributed by atoms with Gasteiger partial charge >= 0.3 is 0 Å². The smallest absolute Gasteiger partial charge is 0.191 e. The van der Waals surface area contributed by atoms with Crippen LogP contribution in [0, 0.1) is 0 Å². The minimum atomic E-state index is 0. The van der Waals surface area contributed by atoms with Crippen molar-refractivity contribution >= 4 is 18.4 Å². The van der Waals surface area contributed by atoms with Gasteiger partial charge in [0.2, 0.25) is 0 Å². The van der Waals surface area contributed by atoms with Gasteiger partial charge in [0, 0.05) is 12.1 Å². The van der Waals surface area contributed by atoms with E-state index < -0.39 is 0 Å². The fourth-order valence-electron chi connectivity index (χ4n) is 2.97. The summed E-state index contributed by atoms with van der Waals surface area (Å²) in [5.74, 6) is 0.949. The maximum absolute atomic E-state index is 4.66. The molecule has 130 valence electrons. The Bertz CT molecular complexity index is 516. The molecular weight excluding hydrogens is 306 g/mol. The Labute approximate surface area is 147 Å². The van der Waals surface area contributed by atoms with Crippen molar-refractivity contribution in [3.05, 3.63) is 35.4 Å². The van der Waals surface area contributed by atoms with E-state index in [1.54, 1.807) is 0 Å². The van der Waals surface area contributed by atoms with Gasteiger partial charge in [-0.1, -0.05) is 45.0 Å². The number of halogens is 1. The number of hydrogen-bond acceptors (Lipinski definition) is 3. The van der Waals surface area contributed by atoms with E-state index in [1.165, 1.54) is 11.1 Å². The van der Waals surface area contributed by atoms with Gasteiger partial charge in [0.25, 0.3) is 0 Å². The van der Waals surface area contributed by atoms with Crippen LogP contribution in [0.4, 0.5) is 0 Å². The average molecular weight is 338 g/mol. The zero-order valence-corrected chi connectivity index (χ0v) is 16.1. The molecule has 3 nitrogen and oxygen atoms in total. The molecule has 1 aromatic rings. The van der Waals surface area contributed by atoms with Crippen molar-refractivity contribution < 1.29 is 0 Å². The van der Waals surface area contributed by atoms with Crippen molar-refractivity contribution in [2.45, 2.75) is 77.9 Å². The summed E-state index contributed by atoms with van der Waals surface area (Å²) in [7, 11) is 0. The van der Waals surface area contributed by atoms with Crippen LogP contribution in [0.2, 0.25) is 0 Å². The molecule has 2 rings (SSSR count). The van der Waals surface area contributed by atoms with Crippen LogP contribution >= 0.6 is 12.4 Å². The number of aliphatic imine (C=N–C) groups is 1. The highest BCUT2D eigenvalue weighted by molar-refractivity contribution is 5.85. The summed E-state index contributed by atoms with van der Waals surface area (Å²) in [5.41, 5.74) is 2.97. The van der Waals surface area contributed by atoms with Gasteiger partial charge in [-0.2, -0.15) is 0 Å². The Morgan fingerprint density at radius 1 is 1.22 bits per heavy atom. The molecule has 23 heavy (non-hydrogen) atoms. The summed E-state index contributed by atoms with van der Waals surface area (Å²) >= 11 is 0. The van der Waals surface area contributed by atoms with Crippen LogP contribution in [-0.2, 0) is 11.8 Å². The van der Waals surface area contributed by atoms with E-state index in [9.17, 15) is 0 Å². The molecular formula is C19H32ClN3.